The van der Waals surface area contributed by atoms with Crippen LogP contribution in [0.4, 0.5) is 0 Å². The van der Waals surface area contributed by atoms with Crippen LogP contribution in [-0.4, -0.2) is 40.3 Å². The standard InChI is InChI=1S/C20H23NO4S.Na.H/c1-14-6-8-17(9-7-14)19-21-18(15(2)25-19)10-12-24-11-4-5-13-26-16(3)20(22)23;;/h6-9,16H,10-13H2,1-3H3,(H,22,23);;/q;+1;-1. The van der Waals surface area contributed by atoms with E-state index in [4.69, 9.17) is 14.3 Å². The molecule has 0 aliphatic heterocycles. The van der Waals surface area contributed by atoms with Crippen molar-refractivity contribution < 1.29 is 50.0 Å². The van der Waals surface area contributed by atoms with E-state index < -0.39 is 11.2 Å². The van der Waals surface area contributed by atoms with E-state index in [0.717, 1.165) is 17.0 Å². The third-order valence-corrected chi connectivity index (χ3v) is 4.74. The summed E-state index contributed by atoms with van der Waals surface area (Å²) in [6.45, 7) is 6.43. The number of carboxylic acids is 1. The smallest absolute Gasteiger partial charge is 1.00 e. The number of carbonyl (C=O) groups is 1. The van der Waals surface area contributed by atoms with E-state index >= 15 is 0 Å². The van der Waals surface area contributed by atoms with Crippen LogP contribution in [-0.2, 0) is 16.0 Å². The molecule has 1 unspecified atom stereocenters. The van der Waals surface area contributed by atoms with Crippen molar-refractivity contribution in [1.29, 1.82) is 0 Å². The second-order valence-electron chi connectivity index (χ2n) is 5.84. The molecule has 0 bridgehead atoms. The molecule has 1 atom stereocenters. The average molecular weight is 397 g/mol. The number of carboxylic acid groups (broad SMARTS) is 1. The summed E-state index contributed by atoms with van der Waals surface area (Å²) in [6, 6.07) is 8.07. The van der Waals surface area contributed by atoms with E-state index in [1.807, 2.05) is 38.1 Å². The summed E-state index contributed by atoms with van der Waals surface area (Å²) >= 11 is 1.30. The molecule has 0 saturated carbocycles. The van der Waals surface area contributed by atoms with Crippen molar-refractivity contribution in [3.63, 3.8) is 0 Å². The van der Waals surface area contributed by atoms with E-state index in [-0.39, 0.29) is 31.0 Å². The Labute approximate surface area is 188 Å². The second-order valence-corrected chi connectivity index (χ2v) is 7.16. The van der Waals surface area contributed by atoms with Crippen LogP contribution in [0.1, 0.15) is 25.4 Å². The van der Waals surface area contributed by atoms with Crippen molar-refractivity contribution in [3.05, 3.63) is 41.3 Å². The molecule has 7 heteroatoms. The number of thioether (sulfide) groups is 1. The van der Waals surface area contributed by atoms with Gasteiger partial charge in [0.05, 0.1) is 18.1 Å². The Morgan fingerprint density at radius 1 is 1.33 bits per heavy atom. The van der Waals surface area contributed by atoms with E-state index in [2.05, 4.69) is 16.8 Å². The van der Waals surface area contributed by atoms with Crippen molar-refractivity contribution >= 4 is 17.7 Å². The van der Waals surface area contributed by atoms with E-state index in [1.54, 1.807) is 6.92 Å². The number of aryl methyl sites for hydroxylation is 2. The molecule has 1 aromatic carbocycles. The SMILES string of the molecule is Cc1ccc(-c2nc(CCOCC#CCSC(C)C(=O)O)c(C)o2)cc1.[H-].[Na+]. The summed E-state index contributed by atoms with van der Waals surface area (Å²) < 4.78 is 11.2. The molecule has 0 radical (unpaired) electrons. The van der Waals surface area contributed by atoms with Crippen LogP contribution in [0.15, 0.2) is 28.7 Å². The molecule has 5 nitrogen and oxygen atoms in total. The van der Waals surface area contributed by atoms with Gasteiger partial charge in [-0.05, 0) is 32.9 Å². The van der Waals surface area contributed by atoms with Crippen molar-refractivity contribution in [2.45, 2.75) is 32.4 Å². The normalized spacial score (nSPS) is 11.2. The van der Waals surface area contributed by atoms with Gasteiger partial charge in [0.2, 0.25) is 5.89 Å². The maximum absolute atomic E-state index is 10.7. The summed E-state index contributed by atoms with van der Waals surface area (Å²) in [7, 11) is 0. The first-order valence-corrected chi connectivity index (χ1v) is 9.43. The minimum absolute atomic E-state index is 0. The molecule has 0 spiro atoms. The maximum Gasteiger partial charge on any atom is 1.00 e. The van der Waals surface area contributed by atoms with Crippen LogP contribution in [0, 0.1) is 25.7 Å². The van der Waals surface area contributed by atoms with Gasteiger partial charge in [-0.15, -0.1) is 11.8 Å². The summed E-state index contributed by atoms with van der Waals surface area (Å²) in [6.07, 6.45) is 0.660. The third-order valence-electron chi connectivity index (χ3n) is 3.73. The van der Waals surface area contributed by atoms with Gasteiger partial charge in [-0.1, -0.05) is 29.5 Å². The first kappa shape index (κ1) is 23.8. The molecule has 140 valence electrons. The summed E-state index contributed by atoms with van der Waals surface area (Å²) in [5.41, 5.74) is 3.05. The molecule has 1 aromatic heterocycles. The molecular weight excluding hydrogens is 373 g/mol. The Morgan fingerprint density at radius 2 is 2.04 bits per heavy atom. The van der Waals surface area contributed by atoms with Crippen LogP contribution in [0.3, 0.4) is 0 Å². The van der Waals surface area contributed by atoms with E-state index in [1.165, 1.54) is 17.3 Å². The molecule has 1 N–H and O–H groups in total. The Hall–Kier alpha value is -1.23. The largest absolute Gasteiger partial charge is 1.00 e. The molecule has 2 aromatic rings. The molecule has 0 fully saturated rings. The van der Waals surface area contributed by atoms with Crippen molar-refractivity contribution in [2.24, 2.45) is 0 Å². The van der Waals surface area contributed by atoms with Gasteiger partial charge in [-0.2, -0.15) is 0 Å². The zero-order valence-electron chi connectivity index (χ0n) is 17.2. The van der Waals surface area contributed by atoms with Crippen LogP contribution in [0.5, 0.6) is 0 Å². The van der Waals surface area contributed by atoms with Crippen molar-refractivity contribution in [2.75, 3.05) is 19.0 Å². The molecule has 1 heterocycles. The number of benzene rings is 1. The number of rotatable bonds is 8. The van der Waals surface area contributed by atoms with Gasteiger partial charge < -0.3 is 15.7 Å². The van der Waals surface area contributed by atoms with Gasteiger partial charge in [-0.3, -0.25) is 4.79 Å². The van der Waals surface area contributed by atoms with Crippen LogP contribution < -0.4 is 29.6 Å². The van der Waals surface area contributed by atoms with Gasteiger partial charge in [0.15, 0.2) is 0 Å². The molecular formula is C20H24NNaO4S. The van der Waals surface area contributed by atoms with Gasteiger partial charge >= 0.3 is 35.5 Å². The summed E-state index contributed by atoms with van der Waals surface area (Å²) in [5, 5.41) is 8.32. The fourth-order valence-electron chi connectivity index (χ4n) is 2.11. The number of hydrogen-bond acceptors (Lipinski definition) is 5. The quantitative estimate of drug-likeness (QED) is 0.404. The second kappa shape index (κ2) is 12.3. The monoisotopic (exact) mass is 397 g/mol. The molecule has 0 saturated heterocycles. The van der Waals surface area contributed by atoms with Gasteiger partial charge in [0.25, 0.3) is 0 Å². The fraction of sp³-hybridized carbons (Fsp3) is 0.400. The Kier molecular flexibility index (Phi) is 10.8. The molecule has 0 aliphatic carbocycles. The third kappa shape index (κ3) is 8.12. The number of ether oxygens (including phenoxy) is 1. The number of nitrogens with zero attached hydrogens (tertiary/aromatic N) is 1. The molecule has 0 amide bonds. The number of aliphatic carboxylic acids is 1. The zero-order chi connectivity index (χ0) is 18.9. The van der Waals surface area contributed by atoms with Gasteiger partial charge in [0.1, 0.15) is 17.6 Å². The predicted molar refractivity (Wildman–Crippen MR) is 104 cm³/mol. The maximum atomic E-state index is 10.7. The number of oxazole rings is 1. The molecule has 2 rings (SSSR count). The molecule has 27 heavy (non-hydrogen) atoms. The van der Waals surface area contributed by atoms with Crippen LogP contribution >= 0.6 is 11.8 Å². The summed E-state index contributed by atoms with van der Waals surface area (Å²) in [5.74, 6) is 6.88. The number of hydrogen-bond donors (Lipinski definition) is 1. The number of aromatic nitrogens is 1. The Balaban J connectivity index is 0.00000364. The average Bonchev–Trinajstić information content (AvgIpc) is 2.98. The topological polar surface area (TPSA) is 72.6 Å². The molecule has 0 aliphatic rings. The van der Waals surface area contributed by atoms with Crippen molar-refractivity contribution in [1.82, 2.24) is 4.98 Å². The van der Waals surface area contributed by atoms with Crippen molar-refractivity contribution in [3.8, 4) is 23.3 Å². The first-order valence-electron chi connectivity index (χ1n) is 8.38. The van der Waals surface area contributed by atoms with Gasteiger partial charge in [-0.25, -0.2) is 4.98 Å². The van der Waals surface area contributed by atoms with E-state index in [9.17, 15) is 4.79 Å². The Bertz CT molecular complexity index is 799. The summed E-state index contributed by atoms with van der Waals surface area (Å²) in [4.78, 5) is 15.2. The van der Waals surface area contributed by atoms with Gasteiger partial charge in [0, 0.05) is 12.0 Å². The predicted octanol–water partition coefficient (Wildman–Crippen LogP) is 0.844. The first-order chi connectivity index (χ1) is 12.5. The van der Waals surface area contributed by atoms with E-state index in [0.29, 0.717) is 31.3 Å². The minimum atomic E-state index is -0.818. The Morgan fingerprint density at radius 3 is 2.70 bits per heavy atom. The van der Waals surface area contributed by atoms with Crippen LogP contribution in [0.2, 0.25) is 0 Å². The van der Waals surface area contributed by atoms with Crippen LogP contribution in [0.25, 0.3) is 11.5 Å². The fourth-order valence-corrected chi connectivity index (χ4v) is 2.69. The minimum Gasteiger partial charge on any atom is -1.00 e. The zero-order valence-corrected chi connectivity index (χ0v) is 19.1.